The van der Waals surface area contributed by atoms with Gasteiger partial charge in [0.25, 0.3) is 10.0 Å². The average molecular weight is 337 g/mol. The molecule has 2 rings (SSSR count). The van der Waals surface area contributed by atoms with E-state index in [4.69, 9.17) is 14.2 Å². The molecule has 6 nitrogen and oxygen atoms in total. The average Bonchev–Trinajstić information content (AvgIpc) is 2.56. The molecule has 1 N–H and O–H groups in total. The van der Waals surface area contributed by atoms with Crippen LogP contribution in [-0.4, -0.2) is 29.2 Å². The lowest BCUT2D eigenvalue weighted by Gasteiger charge is -2.13. The Kier molecular flexibility index (Phi) is 5.33. The summed E-state index contributed by atoms with van der Waals surface area (Å²) in [6.45, 7) is 2.35. The molecule has 23 heavy (non-hydrogen) atoms. The fourth-order valence-electron chi connectivity index (χ4n) is 1.97. The van der Waals surface area contributed by atoms with Crippen LogP contribution >= 0.6 is 0 Å². The van der Waals surface area contributed by atoms with E-state index in [2.05, 4.69) is 4.72 Å². The number of hydrogen-bond donors (Lipinski definition) is 1. The van der Waals surface area contributed by atoms with E-state index in [9.17, 15) is 8.42 Å². The zero-order valence-corrected chi connectivity index (χ0v) is 14.0. The van der Waals surface area contributed by atoms with Gasteiger partial charge in [-0.15, -0.1) is 0 Å². The van der Waals surface area contributed by atoms with Crippen molar-refractivity contribution < 1.29 is 22.6 Å². The minimum absolute atomic E-state index is 0.145. The Morgan fingerprint density at radius 3 is 2.22 bits per heavy atom. The van der Waals surface area contributed by atoms with Gasteiger partial charge < -0.3 is 14.2 Å². The summed E-state index contributed by atoms with van der Waals surface area (Å²) in [5.41, 5.74) is 0.390. The van der Waals surface area contributed by atoms with Crippen molar-refractivity contribution in [3.05, 3.63) is 42.5 Å². The van der Waals surface area contributed by atoms with Crippen LogP contribution in [-0.2, 0) is 10.0 Å². The predicted octanol–water partition coefficient (Wildman–Crippen LogP) is 2.90. The van der Waals surface area contributed by atoms with Crippen LogP contribution in [0.4, 0.5) is 5.69 Å². The molecule has 0 saturated heterocycles. The third-order valence-electron chi connectivity index (χ3n) is 3.09. The highest BCUT2D eigenvalue weighted by atomic mass is 32.2. The molecule has 0 spiro atoms. The third-order valence-corrected chi connectivity index (χ3v) is 4.48. The van der Waals surface area contributed by atoms with Crippen molar-refractivity contribution in [1.82, 2.24) is 0 Å². The molecule has 2 aromatic carbocycles. The van der Waals surface area contributed by atoms with E-state index in [1.165, 1.54) is 26.4 Å². The number of rotatable bonds is 7. The summed E-state index contributed by atoms with van der Waals surface area (Å²) in [5.74, 6) is 1.61. The number of hydrogen-bond acceptors (Lipinski definition) is 5. The molecule has 0 aromatic heterocycles. The number of ether oxygens (including phenoxy) is 3. The predicted molar refractivity (Wildman–Crippen MR) is 88.0 cm³/mol. The second-order valence-electron chi connectivity index (χ2n) is 4.58. The molecule has 0 unspecified atom stereocenters. The molecule has 0 bridgehead atoms. The minimum atomic E-state index is -3.69. The molecule has 0 saturated carbocycles. The monoisotopic (exact) mass is 337 g/mol. The van der Waals surface area contributed by atoms with Crippen LogP contribution in [0.1, 0.15) is 6.92 Å². The Morgan fingerprint density at radius 2 is 1.65 bits per heavy atom. The summed E-state index contributed by atoms with van der Waals surface area (Å²) in [6, 6.07) is 11.0. The van der Waals surface area contributed by atoms with E-state index >= 15 is 0 Å². The second kappa shape index (κ2) is 7.23. The van der Waals surface area contributed by atoms with E-state index < -0.39 is 10.0 Å². The third kappa shape index (κ3) is 4.07. The van der Waals surface area contributed by atoms with Crippen molar-refractivity contribution >= 4 is 15.7 Å². The first-order valence-electron chi connectivity index (χ1n) is 6.98. The number of sulfonamides is 1. The second-order valence-corrected chi connectivity index (χ2v) is 6.26. The van der Waals surface area contributed by atoms with Gasteiger partial charge in [0.2, 0.25) is 0 Å². The van der Waals surface area contributed by atoms with Crippen LogP contribution in [0.15, 0.2) is 47.4 Å². The summed E-state index contributed by atoms with van der Waals surface area (Å²) in [6.07, 6.45) is 0. The van der Waals surface area contributed by atoms with Crippen LogP contribution < -0.4 is 18.9 Å². The lowest BCUT2D eigenvalue weighted by Crippen LogP contribution is -2.13. The smallest absolute Gasteiger partial charge is 0.261 e. The maximum atomic E-state index is 12.4. The summed E-state index contributed by atoms with van der Waals surface area (Å²) < 4.78 is 42.9. The lowest BCUT2D eigenvalue weighted by molar-refractivity contribution is 0.311. The summed E-state index contributed by atoms with van der Waals surface area (Å²) >= 11 is 0. The topological polar surface area (TPSA) is 73.9 Å². The minimum Gasteiger partial charge on any atom is -0.497 e. The van der Waals surface area contributed by atoms with Gasteiger partial charge in [-0.05, 0) is 43.3 Å². The molecule has 0 atom stereocenters. The molecule has 2 aromatic rings. The maximum Gasteiger partial charge on any atom is 0.261 e. The summed E-state index contributed by atoms with van der Waals surface area (Å²) in [5, 5.41) is 0. The molecule has 0 fully saturated rings. The van der Waals surface area contributed by atoms with Gasteiger partial charge >= 0.3 is 0 Å². The zero-order valence-electron chi connectivity index (χ0n) is 13.2. The van der Waals surface area contributed by atoms with Crippen LogP contribution in [0.25, 0.3) is 0 Å². The molecule has 124 valence electrons. The van der Waals surface area contributed by atoms with Gasteiger partial charge in [0.1, 0.15) is 5.75 Å². The number of anilines is 1. The summed E-state index contributed by atoms with van der Waals surface area (Å²) in [7, 11) is -0.669. The van der Waals surface area contributed by atoms with Crippen LogP contribution in [0.3, 0.4) is 0 Å². The summed E-state index contributed by atoms with van der Waals surface area (Å²) in [4.78, 5) is 0.145. The SMILES string of the molecule is CCOc1ccc(NS(=O)(=O)c2ccc(OC)cc2)cc1OC. The van der Waals surface area contributed by atoms with Crippen LogP contribution in [0.2, 0.25) is 0 Å². The van der Waals surface area contributed by atoms with Crippen molar-refractivity contribution in [3.63, 3.8) is 0 Å². The molecule has 0 heterocycles. The van der Waals surface area contributed by atoms with Gasteiger partial charge in [0.15, 0.2) is 11.5 Å². The Hall–Kier alpha value is -2.41. The van der Waals surface area contributed by atoms with Gasteiger partial charge in [-0.1, -0.05) is 0 Å². The lowest BCUT2D eigenvalue weighted by atomic mass is 10.3. The first kappa shape index (κ1) is 17.0. The number of methoxy groups -OCH3 is 2. The van der Waals surface area contributed by atoms with Crippen LogP contribution in [0.5, 0.6) is 17.2 Å². The van der Waals surface area contributed by atoms with Gasteiger partial charge in [0, 0.05) is 6.07 Å². The quantitative estimate of drug-likeness (QED) is 0.841. The zero-order chi connectivity index (χ0) is 16.9. The molecular weight excluding hydrogens is 318 g/mol. The van der Waals surface area contributed by atoms with Gasteiger partial charge in [-0.3, -0.25) is 4.72 Å². The molecule has 0 amide bonds. The molecule has 0 aliphatic rings. The van der Waals surface area contributed by atoms with Gasteiger partial charge in [0.05, 0.1) is 31.4 Å². The maximum absolute atomic E-state index is 12.4. The van der Waals surface area contributed by atoms with E-state index in [-0.39, 0.29) is 4.90 Å². The van der Waals surface area contributed by atoms with Crippen LogP contribution in [0, 0.1) is 0 Å². The molecule has 7 heteroatoms. The molecule has 0 radical (unpaired) electrons. The highest BCUT2D eigenvalue weighted by Crippen LogP contribution is 2.31. The van der Waals surface area contributed by atoms with Crippen molar-refractivity contribution in [3.8, 4) is 17.2 Å². The molecule has 0 aliphatic carbocycles. The van der Waals surface area contributed by atoms with E-state index in [0.717, 1.165) is 0 Å². The standard InChI is InChI=1S/C16H19NO5S/c1-4-22-15-10-5-12(11-16(15)21-3)17-23(18,19)14-8-6-13(20-2)7-9-14/h5-11,17H,4H2,1-3H3. The fourth-order valence-corrected chi connectivity index (χ4v) is 3.02. The molecular formula is C16H19NO5S. The van der Waals surface area contributed by atoms with Crippen molar-refractivity contribution in [1.29, 1.82) is 0 Å². The number of benzene rings is 2. The Balaban J connectivity index is 2.25. The Morgan fingerprint density at radius 1 is 0.957 bits per heavy atom. The van der Waals surface area contributed by atoms with Crippen molar-refractivity contribution in [2.24, 2.45) is 0 Å². The fraction of sp³-hybridized carbons (Fsp3) is 0.250. The first-order chi connectivity index (χ1) is 11.0. The van der Waals surface area contributed by atoms with E-state index in [1.54, 1.807) is 30.3 Å². The Bertz CT molecular complexity index is 757. The highest BCUT2D eigenvalue weighted by molar-refractivity contribution is 7.92. The Labute approximate surface area is 136 Å². The van der Waals surface area contributed by atoms with E-state index in [0.29, 0.717) is 29.5 Å². The number of nitrogens with one attached hydrogen (secondary N) is 1. The normalized spacial score (nSPS) is 10.9. The van der Waals surface area contributed by atoms with Gasteiger partial charge in [-0.2, -0.15) is 0 Å². The van der Waals surface area contributed by atoms with Crippen molar-refractivity contribution in [2.45, 2.75) is 11.8 Å². The molecule has 0 aliphatic heterocycles. The van der Waals surface area contributed by atoms with Gasteiger partial charge in [-0.25, -0.2) is 8.42 Å². The highest BCUT2D eigenvalue weighted by Gasteiger charge is 2.15. The van der Waals surface area contributed by atoms with Crippen molar-refractivity contribution in [2.75, 3.05) is 25.5 Å². The first-order valence-corrected chi connectivity index (χ1v) is 8.46. The van der Waals surface area contributed by atoms with E-state index in [1.807, 2.05) is 6.92 Å². The largest absolute Gasteiger partial charge is 0.497 e.